The van der Waals surface area contributed by atoms with E-state index in [1.165, 1.54) is 6.42 Å². The molecular formula is C20H26N4O2S. The van der Waals surface area contributed by atoms with Crippen LogP contribution < -0.4 is 10.2 Å². The van der Waals surface area contributed by atoms with E-state index in [1.807, 2.05) is 36.4 Å². The van der Waals surface area contributed by atoms with Crippen molar-refractivity contribution in [1.29, 1.82) is 0 Å². The molecule has 0 amide bonds. The second-order valence-corrected chi connectivity index (χ2v) is 9.97. The van der Waals surface area contributed by atoms with Gasteiger partial charge in [-0.1, -0.05) is 37.3 Å². The van der Waals surface area contributed by atoms with E-state index in [4.69, 9.17) is 4.98 Å². The Balaban J connectivity index is 1.66. The molecule has 0 aliphatic carbocycles. The van der Waals surface area contributed by atoms with Gasteiger partial charge in [-0.25, -0.2) is 13.4 Å². The Kier molecular flexibility index (Phi) is 5.04. The highest BCUT2D eigenvalue weighted by Crippen LogP contribution is 2.27. The number of sulfone groups is 1. The minimum atomic E-state index is -2.94. The smallest absolute Gasteiger partial charge is 0.225 e. The van der Waals surface area contributed by atoms with Crippen molar-refractivity contribution in [1.82, 2.24) is 9.97 Å². The van der Waals surface area contributed by atoms with E-state index < -0.39 is 9.84 Å². The first-order chi connectivity index (χ1) is 13.0. The summed E-state index contributed by atoms with van der Waals surface area (Å²) in [5.41, 5.74) is 1.90. The number of nitrogens with one attached hydrogen (secondary N) is 1. The molecule has 1 N–H and O–H groups in total. The van der Waals surface area contributed by atoms with Gasteiger partial charge in [-0.3, -0.25) is 0 Å². The Morgan fingerprint density at radius 2 is 1.96 bits per heavy atom. The van der Waals surface area contributed by atoms with Crippen LogP contribution in [0.15, 0.2) is 36.4 Å². The van der Waals surface area contributed by atoms with Gasteiger partial charge in [0.1, 0.15) is 5.82 Å². The van der Waals surface area contributed by atoms with Gasteiger partial charge in [-0.15, -0.1) is 0 Å². The van der Waals surface area contributed by atoms with Gasteiger partial charge in [-0.2, -0.15) is 4.98 Å². The highest BCUT2D eigenvalue weighted by atomic mass is 32.2. The maximum absolute atomic E-state index is 11.8. The molecule has 2 aromatic rings. The average Bonchev–Trinajstić information content (AvgIpc) is 3.00. The molecular weight excluding hydrogens is 360 g/mol. The van der Waals surface area contributed by atoms with Crippen molar-refractivity contribution < 1.29 is 8.42 Å². The zero-order valence-corrected chi connectivity index (χ0v) is 16.5. The third-order valence-corrected chi connectivity index (χ3v) is 7.10. The molecule has 1 aromatic carbocycles. The van der Waals surface area contributed by atoms with Crippen LogP contribution >= 0.6 is 0 Å². The molecule has 2 unspecified atom stereocenters. The van der Waals surface area contributed by atoms with Crippen LogP contribution in [0.25, 0.3) is 11.3 Å². The second kappa shape index (κ2) is 7.46. The lowest BCUT2D eigenvalue weighted by atomic mass is 10.0. The van der Waals surface area contributed by atoms with Gasteiger partial charge < -0.3 is 10.2 Å². The molecule has 144 valence electrons. The minimum Gasteiger partial charge on any atom is -0.356 e. The fraction of sp³-hybridized carbons (Fsp3) is 0.500. The highest BCUT2D eigenvalue weighted by Gasteiger charge is 2.28. The van der Waals surface area contributed by atoms with E-state index in [-0.39, 0.29) is 17.5 Å². The zero-order valence-electron chi connectivity index (χ0n) is 15.6. The summed E-state index contributed by atoms with van der Waals surface area (Å²) in [6.07, 6.45) is 3.02. The largest absolute Gasteiger partial charge is 0.356 e. The normalized spacial score (nSPS) is 24.7. The zero-order chi connectivity index (χ0) is 18.9. The molecule has 2 aliphatic rings. The molecule has 1 aromatic heterocycles. The third kappa shape index (κ3) is 4.40. The number of benzene rings is 1. The molecule has 2 aliphatic heterocycles. The van der Waals surface area contributed by atoms with Crippen LogP contribution in [0, 0.1) is 5.92 Å². The van der Waals surface area contributed by atoms with Gasteiger partial charge in [0.25, 0.3) is 0 Å². The Bertz CT molecular complexity index is 901. The number of hydrogen-bond donors (Lipinski definition) is 1. The van der Waals surface area contributed by atoms with Gasteiger partial charge >= 0.3 is 0 Å². The number of piperidine rings is 1. The lowest BCUT2D eigenvalue weighted by Crippen LogP contribution is -2.35. The fourth-order valence-electron chi connectivity index (χ4n) is 3.91. The number of nitrogens with zero attached hydrogens (tertiary/aromatic N) is 3. The Labute approximate surface area is 161 Å². The summed E-state index contributed by atoms with van der Waals surface area (Å²) >= 11 is 0. The second-order valence-electron chi connectivity index (χ2n) is 7.74. The van der Waals surface area contributed by atoms with Crippen LogP contribution in [0.4, 0.5) is 11.8 Å². The maximum atomic E-state index is 11.8. The molecule has 2 atom stereocenters. The summed E-state index contributed by atoms with van der Waals surface area (Å²) in [5.74, 6) is 2.47. The Morgan fingerprint density at radius 3 is 2.67 bits per heavy atom. The van der Waals surface area contributed by atoms with Crippen molar-refractivity contribution >= 4 is 21.6 Å². The summed E-state index contributed by atoms with van der Waals surface area (Å²) in [6, 6.07) is 12.0. The molecule has 27 heavy (non-hydrogen) atoms. The first-order valence-corrected chi connectivity index (χ1v) is 11.5. The van der Waals surface area contributed by atoms with E-state index in [2.05, 4.69) is 22.1 Å². The highest BCUT2D eigenvalue weighted by molar-refractivity contribution is 7.91. The summed E-state index contributed by atoms with van der Waals surface area (Å²) in [6.45, 7) is 4.25. The van der Waals surface area contributed by atoms with Crippen LogP contribution in [-0.4, -0.2) is 49.0 Å². The van der Waals surface area contributed by atoms with Gasteiger partial charge in [0, 0.05) is 30.8 Å². The van der Waals surface area contributed by atoms with Crippen molar-refractivity contribution in [3.8, 4) is 11.3 Å². The van der Waals surface area contributed by atoms with Crippen molar-refractivity contribution in [3.05, 3.63) is 36.4 Å². The monoisotopic (exact) mass is 386 g/mol. The summed E-state index contributed by atoms with van der Waals surface area (Å²) in [4.78, 5) is 11.7. The van der Waals surface area contributed by atoms with E-state index in [1.54, 1.807) is 0 Å². The van der Waals surface area contributed by atoms with E-state index in [0.29, 0.717) is 18.3 Å². The molecule has 0 saturated carbocycles. The number of hydrogen-bond acceptors (Lipinski definition) is 6. The van der Waals surface area contributed by atoms with Gasteiger partial charge in [0.2, 0.25) is 5.95 Å². The molecule has 6 nitrogen and oxygen atoms in total. The van der Waals surface area contributed by atoms with Crippen LogP contribution in [0.1, 0.15) is 26.2 Å². The average molecular weight is 387 g/mol. The van der Waals surface area contributed by atoms with Crippen molar-refractivity contribution in [3.63, 3.8) is 0 Å². The minimum absolute atomic E-state index is 0.117. The lowest BCUT2D eigenvalue weighted by Gasteiger charge is -2.32. The molecule has 2 fully saturated rings. The predicted octanol–water partition coefficient (Wildman–Crippen LogP) is 2.98. The number of aromatic nitrogens is 2. The van der Waals surface area contributed by atoms with Gasteiger partial charge in [0.15, 0.2) is 9.84 Å². The summed E-state index contributed by atoms with van der Waals surface area (Å²) < 4.78 is 23.6. The van der Waals surface area contributed by atoms with E-state index in [9.17, 15) is 8.42 Å². The fourth-order valence-corrected chi connectivity index (χ4v) is 5.58. The molecule has 3 heterocycles. The van der Waals surface area contributed by atoms with Crippen molar-refractivity contribution in [2.24, 2.45) is 5.92 Å². The first kappa shape index (κ1) is 18.2. The molecule has 4 rings (SSSR count). The van der Waals surface area contributed by atoms with Gasteiger partial charge in [-0.05, 0) is 25.2 Å². The van der Waals surface area contributed by atoms with Crippen molar-refractivity contribution in [2.45, 2.75) is 32.2 Å². The number of rotatable bonds is 4. The molecule has 0 radical (unpaired) electrons. The standard InChI is InChI=1S/C20H26N4O2S/c1-15-6-5-10-24(13-15)19-12-18(16-7-3-2-4-8-16)22-20(23-19)21-17-9-11-27(25,26)14-17/h2-4,7-8,12,15,17H,5-6,9-11,13-14H2,1H3,(H,21,22,23). The quantitative estimate of drug-likeness (QED) is 0.871. The van der Waals surface area contributed by atoms with E-state index in [0.717, 1.165) is 36.6 Å². The SMILES string of the molecule is CC1CCCN(c2cc(-c3ccccc3)nc(NC3CCS(=O)(=O)C3)n2)C1. The lowest BCUT2D eigenvalue weighted by molar-refractivity contribution is 0.444. The first-order valence-electron chi connectivity index (χ1n) is 9.65. The maximum Gasteiger partial charge on any atom is 0.225 e. The molecule has 0 bridgehead atoms. The summed E-state index contributed by atoms with van der Waals surface area (Å²) in [5, 5.41) is 3.27. The summed E-state index contributed by atoms with van der Waals surface area (Å²) in [7, 11) is -2.94. The third-order valence-electron chi connectivity index (χ3n) is 5.33. The Morgan fingerprint density at radius 1 is 1.15 bits per heavy atom. The van der Waals surface area contributed by atoms with Crippen LogP contribution in [0.5, 0.6) is 0 Å². The van der Waals surface area contributed by atoms with Gasteiger partial charge in [0.05, 0.1) is 17.2 Å². The molecule has 2 saturated heterocycles. The van der Waals surface area contributed by atoms with Crippen LogP contribution in [-0.2, 0) is 9.84 Å². The van der Waals surface area contributed by atoms with Crippen LogP contribution in [0.2, 0.25) is 0 Å². The molecule has 0 spiro atoms. The molecule has 7 heteroatoms. The van der Waals surface area contributed by atoms with E-state index >= 15 is 0 Å². The van der Waals surface area contributed by atoms with Crippen LogP contribution in [0.3, 0.4) is 0 Å². The predicted molar refractivity (Wildman–Crippen MR) is 109 cm³/mol. The Hall–Kier alpha value is -2.15. The number of anilines is 2. The topological polar surface area (TPSA) is 75.2 Å². The van der Waals surface area contributed by atoms with Crippen molar-refractivity contribution in [2.75, 3.05) is 34.8 Å².